The van der Waals surface area contributed by atoms with Gasteiger partial charge >= 0.3 is 0 Å². The highest BCUT2D eigenvalue weighted by Crippen LogP contribution is 2.21. The van der Waals surface area contributed by atoms with Crippen molar-refractivity contribution in [2.45, 2.75) is 13.0 Å². The van der Waals surface area contributed by atoms with Crippen molar-refractivity contribution >= 4 is 5.78 Å². The van der Waals surface area contributed by atoms with Gasteiger partial charge in [0.15, 0.2) is 5.78 Å². The van der Waals surface area contributed by atoms with E-state index in [1.807, 2.05) is 54.0 Å². The smallest absolute Gasteiger partial charge is 0.185 e. The second kappa shape index (κ2) is 5.75. The summed E-state index contributed by atoms with van der Waals surface area (Å²) in [5.41, 5.74) is 2.98. The topological polar surface area (TPSA) is 34.9 Å². The molecule has 1 atom stereocenters. The first-order valence-electron chi connectivity index (χ1n) is 6.93. The van der Waals surface area contributed by atoms with Gasteiger partial charge < -0.3 is 4.57 Å². The zero-order valence-corrected chi connectivity index (χ0v) is 11.8. The molecule has 0 spiro atoms. The van der Waals surface area contributed by atoms with E-state index >= 15 is 0 Å². The van der Waals surface area contributed by atoms with Crippen molar-refractivity contribution in [3.8, 4) is 11.1 Å². The van der Waals surface area contributed by atoms with E-state index in [0.29, 0.717) is 0 Å². The van der Waals surface area contributed by atoms with Crippen molar-refractivity contribution in [3.05, 3.63) is 78.9 Å². The maximum Gasteiger partial charge on any atom is 0.185 e. The van der Waals surface area contributed by atoms with E-state index in [4.69, 9.17) is 0 Å². The molecule has 0 saturated heterocycles. The number of nitrogens with zero attached hydrogens (tertiary/aromatic N) is 2. The van der Waals surface area contributed by atoms with Crippen molar-refractivity contribution in [1.82, 2.24) is 9.55 Å². The van der Waals surface area contributed by atoms with Crippen molar-refractivity contribution in [1.29, 1.82) is 0 Å². The quantitative estimate of drug-likeness (QED) is 0.675. The molecule has 3 rings (SSSR count). The number of aromatic nitrogens is 2. The summed E-state index contributed by atoms with van der Waals surface area (Å²) in [5, 5.41) is 0. The largest absolute Gasteiger partial charge is 0.327 e. The zero-order chi connectivity index (χ0) is 14.7. The molecule has 3 aromatic rings. The number of benzene rings is 2. The van der Waals surface area contributed by atoms with Crippen LogP contribution >= 0.6 is 0 Å². The molecular formula is C18H16N2O. The molecule has 3 nitrogen and oxygen atoms in total. The molecule has 3 heteroatoms. The number of carbonyl (C=O) groups excluding carboxylic acids is 1. The fraction of sp³-hybridized carbons (Fsp3) is 0.111. The van der Waals surface area contributed by atoms with Crippen LogP contribution in [0.2, 0.25) is 0 Å². The average Bonchev–Trinajstić information content (AvgIpc) is 3.09. The van der Waals surface area contributed by atoms with Crippen molar-refractivity contribution in [2.75, 3.05) is 0 Å². The van der Waals surface area contributed by atoms with Gasteiger partial charge in [0.2, 0.25) is 0 Å². The van der Waals surface area contributed by atoms with Gasteiger partial charge in [0.25, 0.3) is 0 Å². The zero-order valence-electron chi connectivity index (χ0n) is 11.8. The third-order valence-corrected chi connectivity index (χ3v) is 3.63. The van der Waals surface area contributed by atoms with E-state index in [2.05, 4.69) is 17.1 Å². The molecule has 0 aliphatic rings. The van der Waals surface area contributed by atoms with E-state index < -0.39 is 0 Å². The number of hydrogen-bond acceptors (Lipinski definition) is 2. The highest BCUT2D eigenvalue weighted by molar-refractivity contribution is 5.99. The molecule has 1 heterocycles. The summed E-state index contributed by atoms with van der Waals surface area (Å²) >= 11 is 0. The van der Waals surface area contributed by atoms with Crippen LogP contribution in [0.25, 0.3) is 11.1 Å². The number of ketones is 1. The van der Waals surface area contributed by atoms with Crippen molar-refractivity contribution in [3.63, 3.8) is 0 Å². The van der Waals surface area contributed by atoms with Gasteiger partial charge in [-0.2, -0.15) is 0 Å². The summed E-state index contributed by atoms with van der Waals surface area (Å²) < 4.78 is 1.81. The Morgan fingerprint density at radius 1 is 1.00 bits per heavy atom. The second-order valence-electron chi connectivity index (χ2n) is 4.99. The Morgan fingerprint density at radius 2 is 1.67 bits per heavy atom. The van der Waals surface area contributed by atoms with Crippen LogP contribution in [-0.4, -0.2) is 15.3 Å². The number of carbonyl (C=O) groups is 1. The lowest BCUT2D eigenvalue weighted by atomic mass is 10.0. The van der Waals surface area contributed by atoms with Gasteiger partial charge in [-0.05, 0) is 18.1 Å². The third kappa shape index (κ3) is 2.77. The molecule has 0 amide bonds. The molecule has 0 saturated carbocycles. The Morgan fingerprint density at radius 3 is 2.29 bits per heavy atom. The first kappa shape index (κ1) is 13.3. The number of rotatable bonds is 4. The second-order valence-corrected chi connectivity index (χ2v) is 4.99. The Balaban J connectivity index is 1.83. The Labute approximate surface area is 123 Å². The van der Waals surface area contributed by atoms with E-state index in [9.17, 15) is 4.79 Å². The Hall–Kier alpha value is -2.68. The monoisotopic (exact) mass is 276 g/mol. The maximum atomic E-state index is 12.4. The third-order valence-electron chi connectivity index (χ3n) is 3.63. The first-order chi connectivity index (χ1) is 10.3. The Bertz CT molecular complexity index is 716. The molecule has 0 aliphatic carbocycles. The van der Waals surface area contributed by atoms with E-state index in [1.54, 1.807) is 18.7 Å². The number of hydrogen-bond donors (Lipinski definition) is 0. The summed E-state index contributed by atoms with van der Waals surface area (Å²) in [7, 11) is 0. The average molecular weight is 276 g/mol. The highest BCUT2D eigenvalue weighted by atomic mass is 16.1. The normalized spacial score (nSPS) is 12.0. The van der Waals surface area contributed by atoms with Gasteiger partial charge in [-0.15, -0.1) is 0 Å². The molecule has 0 radical (unpaired) electrons. The summed E-state index contributed by atoms with van der Waals surface area (Å²) in [6.07, 6.45) is 5.16. The van der Waals surface area contributed by atoms with Crippen molar-refractivity contribution < 1.29 is 4.79 Å². The summed E-state index contributed by atoms with van der Waals surface area (Å²) in [5.74, 6) is 0.0904. The minimum atomic E-state index is -0.241. The van der Waals surface area contributed by atoms with E-state index in [-0.39, 0.29) is 11.8 Å². The highest BCUT2D eigenvalue weighted by Gasteiger charge is 2.16. The van der Waals surface area contributed by atoms with Crippen LogP contribution < -0.4 is 0 Å². The number of imidazole rings is 1. The molecule has 0 fully saturated rings. The van der Waals surface area contributed by atoms with Crippen LogP contribution in [0.3, 0.4) is 0 Å². The fourth-order valence-corrected chi connectivity index (χ4v) is 2.33. The molecule has 0 unspecified atom stereocenters. The van der Waals surface area contributed by atoms with Gasteiger partial charge in [-0.25, -0.2) is 4.98 Å². The number of Topliss-reactive ketones (excluding diaryl/α,β-unsaturated/α-hetero) is 1. The van der Waals surface area contributed by atoms with Crippen molar-refractivity contribution in [2.24, 2.45) is 0 Å². The van der Waals surface area contributed by atoms with Crippen LogP contribution in [-0.2, 0) is 0 Å². The van der Waals surface area contributed by atoms with Crippen LogP contribution in [0, 0.1) is 0 Å². The minimum Gasteiger partial charge on any atom is -0.327 e. The maximum absolute atomic E-state index is 12.4. The molecule has 2 aromatic carbocycles. The predicted octanol–water partition coefficient (Wildman–Crippen LogP) is 3.99. The van der Waals surface area contributed by atoms with Gasteiger partial charge in [-0.3, -0.25) is 4.79 Å². The molecule has 0 aliphatic heterocycles. The fourth-order valence-electron chi connectivity index (χ4n) is 2.33. The molecule has 1 aromatic heterocycles. The summed E-state index contributed by atoms with van der Waals surface area (Å²) in [4.78, 5) is 16.4. The van der Waals surface area contributed by atoms with Crippen LogP contribution in [0.5, 0.6) is 0 Å². The molecular weight excluding hydrogens is 260 g/mol. The minimum absolute atomic E-state index is 0.0904. The molecule has 0 bridgehead atoms. The van der Waals surface area contributed by atoms with Gasteiger partial charge in [0, 0.05) is 18.0 Å². The summed E-state index contributed by atoms with van der Waals surface area (Å²) in [6, 6.07) is 17.6. The molecule has 104 valence electrons. The lowest BCUT2D eigenvalue weighted by molar-refractivity contribution is 0.0935. The lowest BCUT2D eigenvalue weighted by Crippen LogP contribution is -2.15. The Kier molecular flexibility index (Phi) is 3.65. The molecule has 21 heavy (non-hydrogen) atoms. The van der Waals surface area contributed by atoms with Crippen LogP contribution in [0.1, 0.15) is 23.3 Å². The van der Waals surface area contributed by atoms with Crippen LogP contribution in [0.15, 0.2) is 73.3 Å². The van der Waals surface area contributed by atoms with Gasteiger partial charge in [0.05, 0.1) is 12.4 Å². The molecule has 0 N–H and O–H groups in total. The lowest BCUT2D eigenvalue weighted by Gasteiger charge is -2.12. The SMILES string of the molecule is C[C@H](C(=O)c1ccc(-c2ccccc2)cc1)n1ccnc1. The van der Waals surface area contributed by atoms with Gasteiger partial charge in [0.1, 0.15) is 0 Å². The van der Waals surface area contributed by atoms with E-state index in [0.717, 1.165) is 16.7 Å². The van der Waals surface area contributed by atoms with Crippen LogP contribution in [0.4, 0.5) is 0 Å². The van der Waals surface area contributed by atoms with E-state index in [1.165, 1.54) is 0 Å². The standard InChI is InChI=1S/C18H16N2O/c1-14(20-12-11-19-13-20)18(21)17-9-7-16(8-10-17)15-5-3-2-4-6-15/h2-14H,1H3/t14-/m1/s1. The summed E-state index contributed by atoms with van der Waals surface area (Å²) in [6.45, 7) is 1.88. The van der Waals surface area contributed by atoms with Gasteiger partial charge in [-0.1, -0.05) is 54.6 Å². The first-order valence-corrected chi connectivity index (χ1v) is 6.93. The predicted molar refractivity (Wildman–Crippen MR) is 83.1 cm³/mol.